The van der Waals surface area contributed by atoms with Gasteiger partial charge in [0.1, 0.15) is 0 Å². The van der Waals surface area contributed by atoms with Crippen LogP contribution in [0.15, 0.2) is 12.2 Å². The summed E-state index contributed by atoms with van der Waals surface area (Å²) in [7, 11) is 0. The normalized spacial score (nSPS) is 14.8. The Morgan fingerprint density at radius 3 is 2.62 bits per heavy atom. The van der Waals surface area contributed by atoms with E-state index in [1.807, 2.05) is 13.0 Å². The molecule has 0 N–H and O–H groups in total. The molecule has 0 bridgehead atoms. The van der Waals surface area contributed by atoms with Gasteiger partial charge in [-0.25, -0.2) is 0 Å². The van der Waals surface area contributed by atoms with E-state index in [1.54, 1.807) is 6.08 Å². The van der Waals surface area contributed by atoms with Gasteiger partial charge < -0.3 is 4.55 Å². The molecule has 8 heavy (non-hydrogen) atoms. The molecule has 0 aromatic heterocycles. The summed E-state index contributed by atoms with van der Waals surface area (Å²) >= 11 is -1.90. The SMILES string of the molecule is CCC=CCS(=O)[O-]. The van der Waals surface area contributed by atoms with E-state index in [2.05, 4.69) is 0 Å². The predicted molar refractivity (Wildman–Crippen MR) is 33.2 cm³/mol. The van der Waals surface area contributed by atoms with Crippen LogP contribution < -0.4 is 0 Å². The highest BCUT2D eigenvalue weighted by atomic mass is 32.2. The average molecular weight is 133 g/mol. The number of hydrogen-bond acceptors (Lipinski definition) is 2. The summed E-state index contributed by atoms with van der Waals surface area (Å²) in [6.07, 6.45) is 4.37. The van der Waals surface area contributed by atoms with Gasteiger partial charge in [0.15, 0.2) is 0 Å². The molecule has 0 aliphatic heterocycles. The molecule has 2 nitrogen and oxygen atoms in total. The van der Waals surface area contributed by atoms with Gasteiger partial charge in [0.25, 0.3) is 0 Å². The Morgan fingerprint density at radius 1 is 1.62 bits per heavy atom. The van der Waals surface area contributed by atoms with Crippen molar-refractivity contribution >= 4 is 11.1 Å². The molecule has 0 aromatic rings. The van der Waals surface area contributed by atoms with E-state index in [0.717, 1.165) is 6.42 Å². The van der Waals surface area contributed by atoms with Crippen LogP contribution >= 0.6 is 0 Å². The van der Waals surface area contributed by atoms with Gasteiger partial charge in [-0.05, 0) is 6.42 Å². The van der Waals surface area contributed by atoms with Crippen LogP contribution in [0.4, 0.5) is 0 Å². The summed E-state index contributed by atoms with van der Waals surface area (Å²) in [5.74, 6) is 0.147. The first-order valence-electron chi connectivity index (χ1n) is 2.48. The number of allylic oxidation sites excluding steroid dienone is 1. The second kappa shape index (κ2) is 5.00. The summed E-state index contributed by atoms with van der Waals surface area (Å²) in [5, 5.41) is 0. The molecule has 48 valence electrons. The zero-order chi connectivity index (χ0) is 6.41. The number of rotatable bonds is 3. The molecule has 0 radical (unpaired) electrons. The predicted octanol–water partition coefficient (Wildman–Crippen LogP) is 0.832. The van der Waals surface area contributed by atoms with Gasteiger partial charge in [-0.2, -0.15) is 0 Å². The van der Waals surface area contributed by atoms with Crippen LogP contribution in [-0.2, 0) is 11.1 Å². The lowest BCUT2D eigenvalue weighted by Crippen LogP contribution is -1.89. The summed E-state index contributed by atoms with van der Waals surface area (Å²) in [6, 6.07) is 0. The monoisotopic (exact) mass is 133 g/mol. The van der Waals surface area contributed by atoms with Crippen LogP contribution in [0.3, 0.4) is 0 Å². The Bertz CT molecular complexity index is 98.6. The first kappa shape index (κ1) is 7.85. The summed E-state index contributed by atoms with van der Waals surface area (Å²) in [5.41, 5.74) is 0. The molecule has 0 rings (SSSR count). The van der Waals surface area contributed by atoms with Crippen molar-refractivity contribution in [3.8, 4) is 0 Å². The maximum absolute atomic E-state index is 9.82. The standard InChI is InChI=1S/C5H10O2S/c1-2-3-4-5-8(6)7/h3-4H,2,5H2,1H3,(H,6,7)/p-1. The average Bonchev–Trinajstić information content (AvgIpc) is 1.66. The maximum atomic E-state index is 9.82. The summed E-state index contributed by atoms with van der Waals surface area (Å²) in [4.78, 5) is 0. The van der Waals surface area contributed by atoms with E-state index in [4.69, 9.17) is 0 Å². The molecular formula is C5H9O2S-. The van der Waals surface area contributed by atoms with Gasteiger partial charge in [-0.15, -0.1) is 0 Å². The molecule has 0 amide bonds. The highest BCUT2D eigenvalue weighted by molar-refractivity contribution is 7.79. The zero-order valence-electron chi connectivity index (χ0n) is 4.79. The van der Waals surface area contributed by atoms with Crippen molar-refractivity contribution in [1.29, 1.82) is 0 Å². The summed E-state index contributed by atoms with van der Waals surface area (Å²) < 4.78 is 19.6. The Balaban J connectivity index is 3.16. The van der Waals surface area contributed by atoms with Crippen molar-refractivity contribution in [3.05, 3.63) is 12.2 Å². The van der Waals surface area contributed by atoms with E-state index in [0.29, 0.717) is 0 Å². The third kappa shape index (κ3) is 5.85. The topological polar surface area (TPSA) is 40.1 Å². The van der Waals surface area contributed by atoms with Crippen LogP contribution in [-0.4, -0.2) is 14.5 Å². The Labute approximate surface area is 51.9 Å². The van der Waals surface area contributed by atoms with Crippen LogP contribution in [0.25, 0.3) is 0 Å². The van der Waals surface area contributed by atoms with Gasteiger partial charge in [-0.3, -0.25) is 4.21 Å². The minimum Gasteiger partial charge on any atom is -0.772 e. The van der Waals surface area contributed by atoms with Crippen molar-refractivity contribution in [2.75, 3.05) is 5.75 Å². The van der Waals surface area contributed by atoms with Crippen LogP contribution in [0.5, 0.6) is 0 Å². The fraction of sp³-hybridized carbons (Fsp3) is 0.600. The molecule has 0 aromatic carbocycles. The van der Waals surface area contributed by atoms with E-state index in [-0.39, 0.29) is 5.75 Å². The maximum Gasteiger partial charge on any atom is 0.0282 e. The zero-order valence-corrected chi connectivity index (χ0v) is 5.61. The van der Waals surface area contributed by atoms with Crippen molar-refractivity contribution in [1.82, 2.24) is 0 Å². The van der Waals surface area contributed by atoms with Crippen molar-refractivity contribution < 1.29 is 8.76 Å². The molecule has 1 unspecified atom stereocenters. The molecule has 0 spiro atoms. The van der Waals surface area contributed by atoms with Gasteiger partial charge in [0, 0.05) is 5.75 Å². The Kier molecular flexibility index (Phi) is 4.90. The molecule has 0 aliphatic carbocycles. The Morgan fingerprint density at radius 2 is 2.25 bits per heavy atom. The van der Waals surface area contributed by atoms with Gasteiger partial charge in [0.05, 0.1) is 0 Å². The molecule has 0 saturated carbocycles. The fourth-order valence-corrected chi connectivity index (χ4v) is 0.606. The quantitative estimate of drug-likeness (QED) is 0.422. The minimum atomic E-state index is -1.90. The van der Waals surface area contributed by atoms with Gasteiger partial charge in [-0.1, -0.05) is 30.2 Å². The van der Waals surface area contributed by atoms with Crippen molar-refractivity contribution in [2.24, 2.45) is 0 Å². The van der Waals surface area contributed by atoms with Crippen LogP contribution in [0.2, 0.25) is 0 Å². The second-order valence-electron chi connectivity index (χ2n) is 1.35. The van der Waals surface area contributed by atoms with Crippen LogP contribution in [0.1, 0.15) is 13.3 Å². The van der Waals surface area contributed by atoms with Gasteiger partial charge in [0.2, 0.25) is 0 Å². The first-order chi connectivity index (χ1) is 3.77. The lowest BCUT2D eigenvalue weighted by molar-refractivity contribution is 0.540. The Hall–Kier alpha value is -0.150. The highest BCUT2D eigenvalue weighted by Gasteiger charge is 1.72. The fourth-order valence-electron chi connectivity index (χ4n) is 0.313. The highest BCUT2D eigenvalue weighted by Crippen LogP contribution is 1.80. The molecule has 0 saturated heterocycles. The second-order valence-corrected chi connectivity index (χ2v) is 2.29. The lowest BCUT2D eigenvalue weighted by Gasteiger charge is -1.96. The summed E-state index contributed by atoms with van der Waals surface area (Å²) in [6.45, 7) is 1.96. The van der Waals surface area contributed by atoms with E-state index < -0.39 is 11.1 Å². The lowest BCUT2D eigenvalue weighted by atomic mass is 10.4. The molecule has 0 fully saturated rings. The van der Waals surface area contributed by atoms with E-state index in [9.17, 15) is 8.76 Å². The number of hydrogen-bond donors (Lipinski definition) is 0. The van der Waals surface area contributed by atoms with Crippen molar-refractivity contribution in [3.63, 3.8) is 0 Å². The van der Waals surface area contributed by atoms with E-state index in [1.165, 1.54) is 0 Å². The smallest absolute Gasteiger partial charge is 0.0282 e. The van der Waals surface area contributed by atoms with Gasteiger partial charge >= 0.3 is 0 Å². The van der Waals surface area contributed by atoms with E-state index >= 15 is 0 Å². The minimum absolute atomic E-state index is 0.147. The van der Waals surface area contributed by atoms with Crippen LogP contribution in [0, 0.1) is 0 Å². The first-order valence-corrected chi connectivity index (χ1v) is 3.72. The molecule has 0 aliphatic rings. The molecule has 3 heteroatoms. The largest absolute Gasteiger partial charge is 0.772 e. The third-order valence-electron chi connectivity index (χ3n) is 0.635. The molecule has 0 heterocycles. The van der Waals surface area contributed by atoms with Crippen molar-refractivity contribution in [2.45, 2.75) is 13.3 Å². The molecular weight excluding hydrogens is 124 g/mol. The third-order valence-corrected chi connectivity index (χ3v) is 1.10. The molecule has 1 atom stereocenters.